The van der Waals surface area contributed by atoms with Gasteiger partial charge in [0.2, 0.25) is 5.91 Å². The number of piperidine rings is 1. The van der Waals surface area contributed by atoms with Crippen molar-refractivity contribution in [3.63, 3.8) is 0 Å². The van der Waals surface area contributed by atoms with E-state index in [2.05, 4.69) is 10.2 Å². The summed E-state index contributed by atoms with van der Waals surface area (Å²) in [6.07, 6.45) is 10.2. The number of para-hydroxylation sites is 1. The second-order valence-electron chi connectivity index (χ2n) is 7.82. The van der Waals surface area contributed by atoms with Crippen molar-refractivity contribution in [3.8, 4) is 0 Å². The van der Waals surface area contributed by atoms with E-state index in [-0.39, 0.29) is 11.8 Å². The molecule has 1 aromatic carbocycles. The molecule has 0 spiro atoms. The summed E-state index contributed by atoms with van der Waals surface area (Å²) in [6, 6.07) is 9.70. The molecule has 0 unspecified atom stereocenters. The second-order valence-corrected chi connectivity index (χ2v) is 7.82. The van der Waals surface area contributed by atoms with Crippen LogP contribution in [0.3, 0.4) is 0 Å². The average Bonchev–Trinajstić information content (AvgIpc) is 3.13. The Hall–Kier alpha value is -2.89. The average molecular weight is 375 g/mol. The molecule has 1 amide bonds. The number of rotatable bonds is 3. The minimum Gasteiger partial charge on any atom is -0.354 e. The first-order valence-electron chi connectivity index (χ1n) is 10.3. The highest BCUT2D eigenvalue weighted by Gasteiger charge is 2.29. The number of anilines is 2. The van der Waals surface area contributed by atoms with Crippen LogP contribution in [0.2, 0.25) is 0 Å². The number of amides is 1. The molecule has 1 saturated heterocycles. The molecule has 1 aliphatic carbocycles. The Balaban J connectivity index is 1.41. The number of nitrogens with zero attached hydrogens (tertiary/aromatic N) is 4. The number of aryl methyl sites for hydroxylation is 2. The van der Waals surface area contributed by atoms with Crippen LogP contribution < -0.4 is 10.2 Å². The number of fused-ring (bicyclic) bond motifs is 3. The normalized spacial score (nSPS) is 19.4. The predicted molar refractivity (Wildman–Crippen MR) is 110 cm³/mol. The van der Waals surface area contributed by atoms with Crippen LogP contribution in [0.25, 0.3) is 5.52 Å². The summed E-state index contributed by atoms with van der Waals surface area (Å²) >= 11 is 0. The van der Waals surface area contributed by atoms with Crippen LogP contribution in [0, 0.1) is 5.92 Å². The number of hydrogen-bond acceptors (Lipinski definition) is 4. The zero-order chi connectivity index (χ0) is 18.9. The van der Waals surface area contributed by atoms with Crippen LogP contribution in [0.5, 0.6) is 0 Å². The third-order valence-corrected chi connectivity index (χ3v) is 5.93. The van der Waals surface area contributed by atoms with Gasteiger partial charge in [0.05, 0.1) is 11.6 Å². The van der Waals surface area contributed by atoms with Crippen molar-refractivity contribution in [1.29, 1.82) is 0 Å². The largest absolute Gasteiger partial charge is 0.354 e. The first-order valence-corrected chi connectivity index (χ1v) is 10.3. The number of benzene rings is 1. The molecule has 1 aliphatic heterocycles. The second kappa shape index (κ2) is 7.26. The van der Waals surface area contributed by atoms with Crippen molar-refractivity contribution in [2.24, 2.45) is 5.92 Å². The molecule has 1 atom stereocenters. The summed E-state index contributed by atoms with van der Waals surface area (Å²) < 4.78 is 1.99. The fourth-order valence-electron chi connectivity index (χ4n) is 4.53. The smallest absolute Gasteiger partial charge is 0.229 e. The van der Waals surface area contributed by atoms with Crippen molar-refractivity contribution >= 4 is 22.9 Å². The lowest BCUT2D eigenvalue weighted by molar-refractivity contribution is -0.120. The molecule has 28 heavy (non-hydrogen) atoms. The topological polar surface area (TPSA) is 62.5 Å². The van der Waals surface area contributed by atoms with E-state index in [0.29, 0.717) is 6.54 Å². The summed E-state index contributed by atoms with van der Waals surface area (Å²) in [5, 5.41) is 7.85. The molecule has 0 saturated carbocycles. The van der Waals surface area contributed by atoms with Crippen molar-refractivity contribution in [1.82, 2.24) is 14.6 Å². The Morgan fingerprint density at radius 2 is 1.96 bits per heavy atom. The van der Waals surface area contributed by atoms with Crippen LogP contribution >= 0.6 is 0 Å². The van der Waals surface area contributed by atoms with Gasteiger partial charge in [-0.3, -0.25) is 4.79 Å². The molecule has 5 rings (SSSR count). The Morgan fingerprint density at radius 1 is 1.11 bits per heavy atom. The maximum absolute atomic E-state index is 12.8. The monoisotopic (exact) mass is 375 g/mol. The van der Waals surface area contributed by atoms with E-state index in [1.165, 1.54) is 24.1 Å². The third-order valence-electron chi connectivity index (χ3n) is 5.93. The van der Waals surface area contributed by atoms with E-state index in [9.17, 15) is 4.79 Å². The predicted octanol–water partition coefficient (Wildman–Crippen LogP) is 3.46. The lowest BCUT2D eigenvalue weighted by atomic mass is 9.95. The SMILES string of the molecule is O=C(Nc1ccccc1)[C@@H]1CCCN(c2nccn3nc4c(c23)CCCC4)C1. The molecular weight excluding hydrogens is 350 g/mol. The standard InChI is InChI=1S/C22H25N5O/c28-22(24-17-8-2-1-3-9-17)16-7-6-13-26(15-16)21-20-18-10-4-5-11-19(18)25-27(20)14-12-23-21/h1-3,8-9,12,14,16H,4-7,10-11,13,15H2,(H,24,28)/t16-/m1/s1. The highest BCUT2D eigenvalue weighted by atomic mass is 16.1. The summed E-state index contributed by atoms with van der Waals surface area (Å²) in [5.74, 6) is 1.04. The molecule has 0 bridgehead atoms. The van der Waals surface area contributed by atoms with Gasteiger partial charge in [-0.2, -0.15) is 5.10 Å². The van der Waals surface area contributed by atoms with E-state index < -0.39 is 0 Å². The van der Waals surface area contributed by atoms with Crippen LogP contribution in [0.15, 0.2) is 42.7 Å². The number of carbonyl (C=O) groups is 1. The molecule has 2 aromatic heterocycles. The van der Waals surface area contributed by atoms with Gasteiger partial charge in [0.15, 0.2) is 5.82 Å². The zero-order valence-electron chi connectivity index (χ0n) is 16.0. The van der Waals surface area contributed by atoms with Crippen LogP contribution in [0.4, 0.5) is 11.5 Å². The Morgan fingerprint density at radius 3 is 2.86 bits per heavy atom. The number of nitrogens with one attached hydrogen (secondary N) is 1. The number of hydrogen-bond donors (Lipinski definition) is 1. The fraction of sp³-hybridized carbons (Fsp3) is 0.409. The van der Waals surface area contributed by atoms with Crippen molar-refractivity contribution in [2.75, 3.05) is 23.3 Å². The van der Waals surface area contributed by atoms with Gasteiger partial charge >= 0.3 is 0 Å². The maximum Gasteiger partial charge on any atom is 0.229 e. The molecule has 6 heteroatoms. The number of aromatic nitrogens is 3. The molecule has 3 aromatic rings. The lowest BCUT2D eigenvalue weighted by Crippen LogP contribution is -2.41. The molecular formula is C22H25N5O. The van der Waals surface area contributed by atoms with Gasteiger partial charge in [0, 0.05) is 36.7 Å². The molecule has 1 fully saturated rings. The van der Waals surface area contributed by atoms with Gasteiger partial charge in [0.1, 0.15) is 5.52 Å². The van der Waals surface area contributed by atoms with Crippen LogP contribution in [-0.2, 0) is 17.6 Å². The van der Waals surface area contributed by atoms with E-state index in [1.807, 2.05) is 47.2 Å². The zero-order valence-corrected chi connectivity index (χ0v) is 16.0. The first kappa shape index (κ1) is 17.2. The molecule has 0 radical (unpaired) electrons. The van der Waals surface area contributed by atoms with Gasteiger partial charge in [-0.15, -0.1) is 0 Å². The molecule has 1 N–H and O–H groups in total. The van der Waals surface area contributed by atoms with Crippen molar-refractivity contribution in [3.05, 3.63) is 54.0 Å². The Kier molecular flexibility index (Phi) is 4.47. The molecule has 6 nitrogen and oxygen atoms in total. The van der Waals surface area contributed by atoms with Crippen LogP contribution in [0.1, 0.15) is 36.9 Å². The van der Waals surface area contributed by atoms with Gasteiger partial charge in [-0.05, 0) is 50.7 Å². The Labute approximate surface area is 164 Å². The van der Waals surface area contributed by atoms with Gasteiger partial charge < -0.3 is 10.2 Å². The van der Waals surface area contributed by atoms with E-state index in [4.69, 9.17) is 10.1 Å². The van der Waals surface area contributed by atoms with E-state index >= 15 is 0 Å². The third kappa shape index (κ3) is 3.13. The highest BCUT2D eigenvalue weighted by molar-refractivity contribution is 5.93. The van der Waals surface area contributed by atoms with Crippen molar-refractivity contribution in [2.45, 2.75) is 38.5 Å². The molecule has 2 aliphatic rings. The summed E-state index contributed by atoms with van der Waals surface area (Å²) in [6.45, 7) is 1.63. The number of carbonyl (C=O) groups excluding carboxylic acids is 1. The van der Waals surface area contributed by atoms with Gasteiger partial charge in [0.25, 0.3) is 0 Å². The highest BCUT2D eigenvalue weighted by Crippen LogP contribution is 2.32. The van der Waals surface area contributed by atoms with Crippen LogP contribution in [-0.4, -0.2) is 33.6 Å². The molecule has 3 heterocycles. The quantitative estimate of drug-likeness (QED) is 0.761. The van der Waals surface area contributed by atoms with E-state index in [0.717, 1.165) is 49.2 Å². The minimum absolute atomic E-state index is 0.0326. The molecule has 144 valence electrons. The van der Waals surface area contributed by atoms with Gasteiger partial charge in [-0.25, -0.2) is 9.50 Å². The Bertz CT molecular complexity index is 997. The fourth-order valence-corrected chi connectivity index (χ4v) is 4.53. The van der Waals surface area contributed by atoms with Crippen molar-refractivity contribution < 1.29 is 4.79 Å². The van der Waals surface area contributed by atoms with E-state index in [1.54, 1.807) is 0 Å². The summed E-state index contributed by atoms with van der Waals surface area (Å²) in [5.41, 5.74) is 4.57. The summed E-state index contributed by atoms with van der Waals surface area (Å²) in [4.78, 5) is 19.8. The maximum atomic E-state index is 12.8. The first-order chi connectivity index (χ1) is 13.8. The summed E-state index contributed by atoms with van der Waals surface area (Å²) in [7, 11) is 0. The van der Waals surface area contributed by atoms with Gasteiger partial charge in [-0.1, -0.05) is 18.2 Å². The minimum atomic E-state index is -0.0326. The lowest BCUT2D eigenvalue weighted by Gasteiger charge is -2.33.